The predicted molar refractivity (Wildman–Crippen MR) is 58.2 cm³/mol. The van der Waals surface area contributed by atoms with E-state index in [4.69, 9.17) is 5.26 Å². The van der Waals surface area contributed by atoms with E-state index in [0.717, 1.165) is 10.9 Å². The molecular weight excluding hydrogens is 202 g/mol. The average molecular weight is 214 g/mol. The van der Waals surface area contributed by atoms with Gasteiger partial charge in [-0.1, -0.05) is 22.9 Å². The number of nitriles is 1. The van der Waals surface area contributed by atoms with Crippen LogP contribution in [0.4, 0.5) is 0 Å². The summed E-state index contributed by atoms with van der Waals surface area (Å²) in [5.41, 5.74) is 0.883. The Labute approximate surface area is 93.4 Å². The zero-order valence-corrected chi connectivity index (χ0v) is 8.74. The molecule has 0 spiro atoms. The van der Waals surface area contributed by atoms with E-state index in [1.807, 2.05) is 42.6 Å². The van der Waals surface area contributed by atoms with Crippen molar-refractivity contribution in [3.8, 4) is 6.07 Å². The molecule has 0 saturated carbocycles. The van der Waals surface area contributed by atoms with E-state index in [9.17, 15) is 5.11 Å². The highest BCUT2D eigenvalue weighted by atomic mass is 16.3. The largest absolute Gasteiger partial charge is 0.385 e. The van der Waals surface area contributed by atoms with Crippen molar-refractivity contribution >= 4 is 10.9 Å². The van der Waals surface area contributed by atoms with Crippen LogP contribution in [0.5, 0.6) is 0 Å². The van der Waals surface area contributed by atoms with Crippen LogP contribution in [-0.2, 0) is 6.54 Å². The van der Waals surface area contributed by atoms with Gasteiger partial charge in [0.15, 0.2) is 6.20 Å². The van der Waals surface area contributed by atoms with Crippen molar-refractivity contribution in [2.75, 3.05) is 0 Å². The standard InChI is InChI=1S/C12H12N3O/c13-7-5-11(16)9-15-8-6-10-3-1-2-4-12(10)14-15/h1-4,6,8,11,16H,5,9H2/q+1. The number of aliphatic hydroxyl groups is 1. The van der Waals surface area contributed by atoms with Gasteiger partial charge < -0.3 is 5.11 Å². The second-order valence-corrected chi connectivity index (χ2v) is 3.61. The van der Waals surface area contributed by atoms with E-state index in [1.165, 1.54) is 0 Å². The Kier molecular flexibility index (Phi) is 3.08. The van der Waals surface area contributed by atoms with Gasteiger partial charge in [0, 0.05) is 16.6 Å². The number of benzene rings is 1. The molecule has 0 saturated heterocycles. The summed E-state index contributed by atoms with van der Waals surface area (Å²) in [5.74, 6) is 0. The van der Waals surface area contributed by atoms with E-state index >= 15 is 0 Å². The lowest BCUT2D eigenvalue weighted by molar-refractivity contribution is -0.757. The number of hydrogen-bond donors (Lipinski definition) is 1. The summed E-state index contributed by atoms with van der Waals surface area (Å²) in [6, 6.07) is 11.7. The van der Waals surface area contributed by atoms with Crippen LogP contribution in [-0.4, -0.2) is 16.3 Å². The van der Waals surface area contributed by atoms with Crippen LogP contribution in [0.1, 0.15) is 6.42 Å². The van der Waals surface area contributed by atoms with E-state index in [2.05, 4.69) is 5.10 Å². The zero-order chi connectivity index (χ0) is 11.4. The SMILES string of the molecule is N#CCC(O)C[n+]1ccc2ccccc2n1. The van der Waals surface area contributed by atoms with Crippen LogP contribution >= 0.6 is 0 Å². The van der Waals surface area contributed by atoms with E-state index in [-0.39, 0.29) is 6.42 Å². The summed E-state index contributed by atoms with van der Waals surface area (Å²) in [4.78, 5) is 0. The van der Waals surface area contributed by atoms with Crippen LogP contribution in [0.25, 0.3) is 10.9 Å². The van der Waals surface area contributed by atoms with Crippen molar-refractivity contribution in [2.24, 2.45) is 0 Å². The maximum absolute atomic E-state index is 9.49. The van der Waals surface area contributed by atoms with Crippen LogP contribution in [0.2, 0.25) is 0 Å². The fourth-order valence-corrected chi connectivity index (χ4v) is 1.55. The van der Waals surface area contributed by atoms with Gasteiger partial charge in [0.2, 0.25) is 6.54 Å². The topological polar surface area (TPSA) is 60.8 Å². The molecule has 1 N–H and O–H groups in total. The van der Waals surface area contributed by atoms with Crippen molar-refractivity contribution in [2.45, 2.75) is 19.1 Å². The first kappa shape index (κ1) is 10.5. The molecule has 2 rings (SSSR count). The first-order valence-corrected chi connectivity index (χ1v) is 5.10. The second kappa shape index (κ2) is 4.69. The molecule has 1 atom stereocenters. The van der Waals surface area contributed by atoms with E-state index in [0.29, 0.717) is 6.54 Å². The summed E-state index contributed by atoms with van der Waals surface area (Å²) in [6.07, 6.45) is 1.27. The highest BCUT2D eigenvalue weighted by Gasteiger charge is 2.12. The van der Waals surface area contributed by atoms with Crippen LogP contribution < -0.4 is 4.68 Å². The minimum atomic E-state index is -0.663. The van der Waals surface area contributed by atoms with Gasteiger partial charge in [0.25, 0.3) is 0 Å². The molecule has 0 aliphatic heterocycles. The maximum atomic E-state index is 9.49. The van der Waals surface area contributed by atoms with Gasteiger partial charge in [0.1, 0.15) is 11.6 Å². The molecule has 0 amide bonds. The Balaban J connectivity index is 2.23. The zero-order valence-electron chi connectivity index (χ0n) is 8.74. The third-order valence-electron chi connectivity index (χ3n) is 2.32. The molecule has 1 aromatic carbocycles. The van der Waals surface area contributed by atoms with Gasteiger partial charge in [-0.3, -0.25) is 0 Å². The second-order valence-electron chi connectivity index (χ2n) is 3.61. The van der Waals surface area contributed by atoms with Crippen molar-refractivity contribution in [1.29, 1.82) is 5.26 Å². The molecule has 0 fully saturated rings. The number of nitrogens with zero attached hydrogens (tertiary/aromatic N) is 3. The van der Waals surface area contributed by atoms with Crippen molar-refractivity contribution < 1.29 is 9.79 Å². The number of hydrogen-bond acceptors (Lipinski definition) is 3. The summed E-state index contributed by atoms with van der Waals surface area (Å²) < 4.78 is 1.66. The molecule has 1 heterocycles. The van der Waals surface area contributed by atoms with Gasteiger partial charge in [-0.15, -0.1) is 0 Å². The van der Waals surface area contributed by atoms with E-state index in [1.54, 1.807) is 4.68 Å². The third-order valence-corrected chi connectivity index (χ3v) is 2.32. The quantitative estimate of drug-likeness (QED) is 0.769. The molecule has 0 aliphatic carbocycles. The molecule has 80 valence electrons. The van der Waals surface area contributed by atoms with E-state index < -0.39 is 6.10 Å². The van der Waals surface area contributed by atoms with Crippen molar-refractivity contribution in [3.63, 3.8) is 0 Å². The van der Waals surface area contributed by atoms with Gasteiger partial charge in [-0.2, -0.15) is 5.26 Å². The molecule has 4 heteroatoms. The molecular formula is C12H12N3O+. The molecule has 0 radical (unpaired) electrons. The number of aromatic nitrogens is 2. The fraction of sp³-hybridized carbons (Fsp3) is 0.250. The summed E-state index contributed by atoms with van der Waals surface area (Å²) in [7, 11) is 0. The Morgan fingerprint density at radius 3 is 3.00 bits per heavy atom. The Morgan fingerprint density at radius 1 is 1.38 bits per heavy atom. The molecule has 1 unspecified atom stereocenters. The highest BCUT2D eigenvalue weighted by Crippen LogP contribution is 2.06. The lowest BCUT2D eigenvalue weighted by Crippen LogP contribution is -2.42. The highest BCUT2D eigenvalue weighted by molar-refractivity contribution is 5.76. The monoisotopic (exact) mass is 214 g/mol. The molecule has 2 aromatic rings. The Bertz CT molecular complexity index is 533. The molecule has 0 bridgehead atoms. The minimum absolute atomic E-state index is 0.126. The smallest absolute Gasteiger partial charge is 0.200 e. The maximum Gasteiger partial charge on any atom is 0.200 e. The molecule has 16 heavy (non-hydrogen) atoms. The predicted octanol–water partition coefficient (Wildman–Crippen LogP) is 0.797. The fourth-order valence-electron chi connectivity index (χ4n) is 1.55. The number of fused-ring (bicyclic) bond motifs is 1. The summed E-state index contributed by atoms with van der Waals surface area (Å²) in [5, 5.41) is 23.3. The molecule has 4 nitrogen and oxygen atoms in total. The first-order chi connectivity index (χ1) is 7.79. The van der Waals surface area contributed by atoms with Gasteiger partial charge in [-0.05, 0) is 6.07 Å². The first-order valence-electron chi connectivity index (χ1n) is 5.10. The van der Waals surface area contributed by atoms with Crippen molar-refractivity contribution in [1.82, 2.24) is 5.10 Å². The van der Waals surface area contributed by atoms with Gasteiger partial charge in [0.05, 0.1) is 12.5 Å². The van der Waals surface area contributed by atoms with Crippen LogP contribution in [0, 0.1) is 11.3 Å². The lowest BCUT2D eigenvalue weighted by Gasteiger charge is -2.00. The number of rotatable bonds is 3. The minimum Gasteiger partial charge on any atom is -0.385 e. The molecule has 1 aromatic heterocycles. The van der Waals surface area contributed by atoms with Crippen LogP contribution in [0.3, 0.4) is 0 Å². The van der Waals surface area contributed by atoms with Gasteiger partial charge >= 0.3 is 0 Å². The van der Waals surface area contributed by atoms with Crippen molar-refractivity contribution in [3.05, 3.63) is 36.5 Å². The van der Waals surface area contributed by atoms with Crippen LogP contribution in [0.15, 0.2) is 36.5 Å². The normalized spacial score (nSPS) is 12.2. The lowest BCUT2D eigenvalue weighted by atomic mass is 10.2. The average Bonchev–Trinajstić information content (AvgIpc) is 2.29. The number of aliphatic hydroxyl groups excluding tert-OH is 1. The van der Waals surface area contributed by atoms with Gasteiger partial charge in [-0.25, -0.2) is 0 Å². The molecule has 0 aliphatic rings. The summed E-state index contributed by atoms with van der Waals surface area (Å²) in [6.45, 7) is 0.346. The Morgan fingerprint density at radius 2 is 2.19 bits per heavy atom. The Hall–Kier alpha value is -1.99. The third kappa shape index (κ3) is 2.33. The summed E-state index contributed by atoms with van der Waals surface area (Å²) >= 11 is 0.